The highest BCUT2D eigenvalue weighted by molar-refractivity contribution is 5.95. The van der Waals surface area contributed by atoms with Gasteiger partial charge in [-0.3, -0.25) is 4.79 Å². The number of amides is 1. The van der Waals surface area contributed by atoms with Crippen LogP contribution in [-0.2, 0) is 4.79 Å². The molecule has 1 fully saturated rings. The second kappa shape index (κ2) is 8.34. The van der Waals surface area contributed by atoms with E-state index in [-0.39, 0.29) is 18.2 Å². The van der Waals surface area contributed by atoms with Crippen molar-refractivity contribution >= 4 is 29.3 Å². The quantitative estimate of drug-likeness (QED) is 0.637. The Bertz CT molecular complexity index is 896. The molecular formula is C20H23N5O4. The number of nitrogens with zero attached hydrogens (tertiary/aromatic N) is 3. The van der Waals surface area contributed by atoms with Gasteiger partial charge in [0.05, 0.1) is 11.8 Å². The molecule has 0 radical (unpaired) electrons. The van der Waals surface area contributed by atoms with Gasteiger partial charge >= 0.3 is 5.97 Å². The van der Waals surface area contributed by atoms with Crippen LogP contribution in [0.4, 0.5) is 17.5 Å². The normalized spacial score (nSPS) is 16.7. The number of aromatic carboxylic acids is 1. The minimum absolute atomic E-state index is 0.0239. The van der Waals surface area contributed by atoms with Crippen molar-refractivity contribution in [2.24, 2.45) is 0 Å². The van der Waals surface area contributed by atoms with Crippen LogP contribution in [0, 0.1) is 0 Å². The average Bonchev–Trinajstić information content (AvgIpc) is 3.19. The fourth-order valence-corrected chi connectivity index (χ4v) is 3.75. The summed E-state index contributed by atoms with van der Waals surface area (Å²) in [7, 11) is 0. The average molecular weight is 397 g/mol. The summed E-state index contributed by atoms with van der Waals surface area (Å²) in [4.78, 5) is 34.0. The molecule has 0 unspecified atom stereocenters. The predicted molar refractivity (Wildman–Crippen MR) is 107 cm³/mol. The van der Waals surface area contributed by atoms with Crippen LogP contribution in [-0.4, -0.2) is 46.3 Å². The number of ether oxygens (including phenoxy) is 1. The summed E-state index contributed by atoms with van der Waals surface area (Å²) in [6.45, 7) is 0.771. The molecule has 2 aliphatic rings. The topological polar surface area (TPSA) is 117 Å². The summed E-state index contributed by atoms with van der Waals surface area (Å²) < 4.78 is 5.59. The summed E-state index contributed by atoms with van der Waals surface area (Å²) in [6, 6.07) is 6.56. The molecule has 1 aromatic heterocycles. The van der Waals surface area contributed by atoms with Gasteiger partial charge in [0, 0.05) is 19.0 Å². The van der Waals surface area contributed by atoms with E-state index in [1.165, 1.54) is 25.0 Å². The molecule has 152 valence electrons. The van der Waals surface area contributed by atoms with Crippen LogP contribution in [0.25, 0.3) is 0 Å². The standard InChI is InChI=1S/C20H23N5O4/c26-17-9-10-25(14-3-1-2-4-14)18-16(23-17)11-21-20(24-18)22-12-29-15-7-5-13(6-8-15)19(27)28/h5-8,11,14H,1-4,9-10,12H2,(H,23,26)(H,27,28)(H,21,22,24). The van der Waals surface area contributed by atoms with Gasteiger partial charge in [-0.05, 0) is 37.1 Å². The van der Waals surface area contributed by atoms with Gasteiger partial charge in [-0.1, -0.05) is 12.8 Å². The number of carboxylic acid groups (broad SMARTS) is 1. The van der Waals surface area contributed by atoms with E-state index in [0.717, 1.165) is 18.7 Å². The van der Waals surface area contributed by atoms with Crippen molar-refractivity contribution in [2.75, 3.05) is 28.8 Å². The molecule has 0 bridgehead atoms. The molecule has 9 nitrogen and oxygen atoms in total. The number of rotatable bonds is 6. The van der Waals surface area contributed by atoms with Crippen molar-refractivity contribution in [1.82, 2.24) is 9.97 Å². The molecule has 0 saturated heterocycles. The number of hydrogen-bond acceptors (Lipinski definition) is 7. The van der Waals surface area contributed by atoms with E-state index < -0.39 is 5.97 Å². The second-order valence-corrected chi connectivity index (χ2v) is 7.16. The molecule has 1 saturated carbocycles. The van der Waals surface area contributed by atoms with Crippen LogP contribution in [0.5, 0.6) is 5.75 Å². The maximum Gasteiger partial charge on any atom is 0.335 e. The van der Waals surface area contributed by atoms with Gasteiger partial charge in [0.15, 0.2) is 12.5 Å². The van der Waals surface area contributed by atoms with Crippen molar-refractivity contribution < 1.29 is 19.4 Å². The summed E-state index contributed by atoms with van der Waals surface area (Å²) in [5, 5.41) is 14.8. The van der Waals surface area contributed by atoms with Gasteiger partial charge in [-0.25, -0.2) is 9.78 Å². The zero-order chi connectivity index (χ0) is 20.2. The Morgan fingerprint density at radius 1 is 1.28 bits per heavy atom. The van der Waals surface area contributed by atoms with E-state index in [4.69, 9.17) is 9.84 Å². The number of aromatic nitrogens is 2. The first-order chi connectivity index (χ1) is 14.1. The van der Waals surface area contributed by atoms with E-state index in [0.29, 0.717) is 36.4 Å². The second-order valence-electron chi connectivity index (χ2n) is 7.16. The molecule has 9 heteroatoms. The first-order valence-electron chi connectivity index (χ1n) is 9.74. The number of carboxylic acids is 1. The van der Waals surface area contributed by atoms with Gasteiger partial charge in [-0.15, -0.1) is 0 Å². The number of carbonyl (C=O) groups is 2. The zero-order valence-corrected chi connectivity index (χ0v) is 15.9. The summed E-state index contributed by atoms with van der Waals surface area (Å²) >= 11 is 0. The molecule has 1 aliphatic carbocycles. The highest BCUT2D eigenvalue weighted by atomic mass is 16.5. The summed E-state index contributed by atoms with van der Waals surface area (Å²) in [5.74, 6) is 0.685. The van der Waals surface area contributed by atoms with E-state index in [9.17, 15) is 9.59 Å². The third-order valence-corrected chi connectivity index (χ3v) is 5.23. The maximum atomic E-state index is 12.0. The highest BCUT2D eigenvalue weighted by Crippen LogP contribution is 2.33. The highest BCUT2D eigenvalue weighted by Gasteiger charge is 2.29. The van der Waals surface area contributed by atoms with Gasteiger partial charge in [0.2, 0.25) is 11.9 Å². The van der Waals surface area contributed by atoms with Gasteiger partial charge < -0.3 is 25.4 Å². The van der Waals surface area contributed by atoms with Crippen LogP contribution in [0.1, 0.15) is 42.5 Å². The van der Waals surface area contributed by atoms with Gasteiger partial charge in [0.1, 0.15) is 11.4 Å². The third-order valence-electron chi connectivity index (χ3n) is 5.23. The molecule has 2 aromatic rings. The lowest BCUT2D eigenvalue weighted by Crippen LogP contribution is -2.35. The molecule has 1 aromatic carbocycles. The molecule has 29 heavy (non-hydrogen) atoms. The Hall–Kier alpha value is -3.36. The maximum absolute atomic E-state index is 12.0. The number of carbonyl (C=O) groups excluding carboxylic acids is 1. The van der Waals surface area contributed by atoms with Crippen molar-refractivity contribution in [3.05, 3.63) is 36.0 Å². The van der Waals surface area contributed by atoms with Crippen molar-refractivity contribution in [2.45, 2.75) is 38.1 Å². The van der Waals surface area contributed by atoms with Crippen LogP contribution < -0.4 is 20.3 Å². The Morgan fingerprint density at radius 3 is 2.76 bits per heavy atom. The minimum atomic E-state index is -0.980. The van der Waals surface area contributed by atoms with Crippen LogP contribution in [0.3, 0.4) is 0 Å². The molecule has 2 heterocycles. The van der Waals surface area contributed by atoms with Crippen LogP contribution in [0.2, 0.25) is 0 Å². The van der Waals surface area contributed by atoms with E-state index in [1.54, 1.807) is 18.3 Å². The van der Waals surface area contributed by atoms with E-state index in [2.05, 4.69) is 25.5 Å². The lowest BCUT2D eigenvalue weighted by atomic mass is 10.2. The largest absolute Gasteiger partial charge is 0.478 e. The number of benzene rings is 1. The summed E-state index contributed by atoms with van der Waals surface area (Å²) in [5.41, 5.74) is 0.837. The van der Waals surface area contributed by atoms with Crippen LogP contribution >= 0.6 is 0 Å². The summed E-state index contributed by atoms with van der Waals surface area (Å²) in [6.07, 6.45) is 6.67. The fourth-order valence-electron chi connectivity index (χ4n) is 3.75. The van der Waals surface area contributed by atoms with Crippen molar-refractivity contribution in [3.63, 3.8) is 0 Å². The molecule has 1 aliphatic heterocycles. The monoisotopic (exact) mass is 397 g/mol. The smallest absolute Gasteiger partial charge is 0.335 e. The first kappa shape index (κ1) is 19.0. The fraction of sp³-hybridized carbons (Fsp3) is 0.400. The molecule has 3 N–H and O–H groups in total. The number of nitrogens with one attached hydrogen (secondary N) is 2. The lowest BCUT2D eigenvalue weighted by Gasteiger charge is -2.29. The zero-order valence-electron chi connectivity index (χ0n) is 15.9. The Kier molecular flexibility index (Phi) is 5.46. The molecular weight excluding hydrogens is 374 g/mol. The minimum Gasteiger partial charge on any atom is -0.478 e. The number of anilines is 3. The Labute approximate surface area is 168 Å². The third kappa shape index (κ3) is 4.39. The Morgan fingerprint density at radius 2 is 2.03 bits per heavy atom. The predicted octanol–water partition coefficient (Wildman–Crippen LogP) is 2.71. The van der Waals surface area contributed by atoms with E-state index >= 15 is 0 Å². The SMILES string of the molecule is O=C1CCN(C2CCCC2)c2nc(NCOc3ccc(C(=O)O)cc3)ncc2N1. The molecule has 4 rings (SSSR count). The molecule has 0 atom stereocenters. The van der Waals surface area contributed by atoms with Gasteiger partial charge in [0.25, 0.3) is 0 Å². The van der Waals surface area contributed by atoms with Crippen LogP contribution in [0.15, 0.2) is 30.5 Å². The Balaban J connectivity index is 1.44. The molecule has 1 amide bonds. The van der Waals surface area contributed by atoms with Crippen molar-refractivity contribution in [3.8, 4) is 5.75 Å². The molecule has 0 spiro atoms. The lowest BCUT2D eigenvalue weighted by molar-refractivity contribution is -0.116. The van der Waals surface area contributed by atoms with Gasteiger partial charge in [-0.2, -0.15) is 4.98 Å². The van der Waals surface area contributed by atoms with E-state index in [1.807, 2.05) is 0 Å². The number of hydrogen-bond donors (Lipinski definition) is 3. The number of fused-ring (bicyclic) bond motifs is 1. The van der Waals surface area contributed by atoms with Crippen molar-refractivity contribution in [1.29, 1.82) is 0 Å². The first-order valence-corrected chi connectivity index (χ1v) is 9.74.